The standard InChI is InChI=1S/C17H12BrNO4/c18-11-8-6-10(7-9-11)14-13(17(22)23)15(20)16(21)19(14)12-4-2-1-3-5-12/h1-9,14,20H,(H,22,23). The number of rotatable bonds is 3. The number of nitrogens with zero attached hydrogens (tertiary/aromatic N) is 1. The van der Waals surface area contributed by atoms with Gasteiger partial charge in [-0.25, -0.2) is 4.79 Å². The first kappa shape index (κ1) is 15.3. The number of carboxylic acids is 1. The highest BCUT2D eigenvalue weighted by atomic mass is 79.9. The number of aliphatic hydroxyl groups is 1. The number of halogens is 1. The van der Waals surface area contributed by atoms with Crippen molar-refractivity contribution in [2.75, 3.05) is 4.90 Å². The van der Waals surface area contributed by atoms with Crippen molar-refractivity contribution < 1.29 is 19.8 Å². The fraction of sp³-hybridized carbons (Fsp3) is 0.0588. The van der Waals surface area contributed by atoms with Crippen LogP contribution in [0.5, 0.6) is 0 Å². The minimum atomic E-state index is -1.32. The van der Waals surface area contributed by atoms with Crippen molar-refractivity contribution in [3.8, 4) is 0 Å². The van der Waals surface area contributed by atoms with Crippen LogP contribution in [0.1, 0.15) is 11.6 Å². The van der Waals surface area contributed by atoms with Crippen LogP contribution in [0, 0.1) is 0 Å². The average molecular weight is 374 g/mol. The van der Waals surface area contributed by atoms with Crippen molar-refractivity contribution in [2.24, 2.45) is 0 Å². The molecule has 2 N–H and O–H groups in total. The zero-order valence-corrected chi connectivity index (χ0v) is 13.4. The first-order valence-corrected chi connectivity index (χ1v) is 7.60. The fourth-order valence-corrected chi connectivity index (χ4v) is 2.90. The Morgan fingerprint density at radius 2 is 1.65 bits per heavy atom. The van der Waals surface area contributed by atoms with Crippen molar-refractivity contribution in [1.82, 2.24) is 0 Å². The molecule has 0 saturated heterocycles. The second-order valence-electron chi connectivity index (χ2n) is 5.03. The number of benzene rings is 2. The molecule has 0 aliphatic carbocycles. The molecule has 1 atom stereocenters. The number of anilines is 1. The summed E-state index contributed by atoms with van der Waals surface area (Å²) in [5.74, 6) is -2.77. The van der Waals surface area contributed by atoms with Crippen LogP contribution in [0.3, 0.4) is 0 Å². The number of para-hydroxylation sites is 1. The van der Waals surface area contributed by atoms with Gasteiger partial charge in [0.05, 0.1) is 6.04 Å². The predicted molar refractivity (Wildman–Crippen MR) is 88.1 cm³/mol. The van der Waals surface area contributed by atoms with Gasteiger partial charge >= 0.3 is 5.97 Å². The van der Waals surface area contributed by atoms with E-state index in [1.54, 1.807) is 54.6 Å². The summed E-state index contributed by atoms with van der Waals surface area (Å²) in [4.78, 5) is 25.3. The molecule has 1 unspecified atom stereocenters. The summed E-state index contributed by atoms with van der Waals surface area (Å²) < 4.78 is 0.835. The number of aliphatic hydroxyl groups excluding tert-OH is 1. The minimum absolute atomic E-state index is 0.318. The molecular formula is C17H12BrNO4. The van der Waals surface area contributed by atoms with Crippen LogP contribution in [0.15, 0.2) is 70.4 Å². The van der Waals surface area contributed by atoms with Gasteiger partial charge in [0.15, 0.2) is 5.76 Å². The van der Waals surface area contributed by atoms with Crippen molar-refractivity contribution in [3.63, 3.8) is 0 Å². The van der Waals surface area contributed by atoms with Crippen LogP contribution in [0.25, 0.3) is 0 Å². The molecule has 3 rings (SSSR count). The Kier molecular flexibility index (Phi) is 3.92. The van der Waals surface area contributed by atoms with Gasteiger partial charge in [0.2, 0.25) is 0 Å². The number of carbonyl (C=O) groups is 2. The molecule has 0 radical (unpaired) electrons. The molecule has 5 nitrogen and oxygen atoms in total. The third-order valence-corrected chi connectivity index (χ3v) is 4.19. The third kappa shape index (κ3) is 2.61. The molecule has 2 aromatic carbocycles. The van der Waals surface area contributed by atoms with Crippen LogP contribution >= 0.6 is 15.9 Å². The predicted octanol–water partition coefficient (Wildman–Crippen LogP) is 3.43. The van der Waals surface area contributed by atoms with E-state index in [0.717, 1.165) is 4.47 Å². The molecule has 0 saturated carbocycles. The Balaban J connectivity index is 2.17. The van der Waals surface area contributed by atoms with Gasteiger partial charge in [-0.05, 0) is 29.8 Å². The topological polar surface area (TPSA) is 77.8 Å². The molecule has 0 spiro atoms. The molecule has 116 valence electrons. The molecule has 2 aromatic rings. The van der Waals surface area contributed by atoms with Crippen molar-refractivity contribution in [1.29, 1.82) is 0 Å². The monoisotopic (exact) mass is 373 g/mol. The van der Waals surface area contributed by atoms with Gasteiger partial charge in [-0.3, -0.25) is 9.69 Å². The maximum atomic E-state index is 12.4. The lowest BCUT2D eigenvalue weighted by molar-refractivity contribution is -0.133. The van der Waals surface area contributed by atoms with Crippen LogP contribution in [0.2, 0.25) is 0 Å². The highest BCUT2D eigenvalue weighted by molar-refractivity contribution is 9.10. The Bertz CT molecular complexity index is 799. The van der Waals surface area contributed by atoms with E-state index in [0.29, 0.717) is 11.3 Å². The SMILES string of the molecule is O=C(O)C1=C(O)C(=O)N(c2ccccc2)C1c1ccc(Br)cc1. The number of hydrogen-bond donors (Lipinski definition) is 2. The first-order chi connectivity index (χ1) is 11.0. The zero-order chi connectivity index (χ0) is 16.6. The van der Waals surface area contributed by atoms with Gasteiger partial charge in [0.1, 0.15) is 5.57 Å². The van der Waals surface area contributed by atoms with E-state index in [4.69, 9.17) is 0 Å². The van der Waals surface area contributed by atoms with Gasteiger partial charge in [-0.15, -0.1) is 0 Å². The fourth-order valence-electron chi connectivity index (χ4n) is 2.64. The van der Waals surface area contributed by atoms with E-state index in [9.17, 15) is 19.8 Å². The van der Waals surface area contributed by atoms with E-state index in [2.05, 4.69) is 15.9 Å². The molecule has 0 aromatic heterocycles. The molecule has 1 amide bonds. The lowest BCUT2D eigenvalue weighted by Gasteiger charge is -2.26. The largest absolute Gasteiger partial charge is 0.503 e. The van der Waals surface area contributed by atoms with Gasteiger partial charge in [-0.1, -0.05) is 46.3 Å². The third-order valence-electron chi connectivity index (χ3n) is 3.66. The summed E-state index contributed by atoms with van der Waals surface area (Å²) in [5.41, 5.74) is 0.807. The van der Waals surface area contributed by atoms with Crippen molar-refractivity contribution >= 4 is 33.5 Å². The number of carbonyl (C=O) groups excluding carboxylic acids is 1. The highest BCUT2D eigenvalue weighted by Crippen LogP contribution is 2.40. The molecule has 23 heavy (non-hydrogen) atoms. The Hall–Kier alpha value is -2.60. The molecule has 1 aliphatic rings. The lowest BCUT2D eigenvalue weighted by Crippen LogP contribution is -2.30. The Labute approximate surface area is 140 Å². The van der Waals surface area contributed by atoms with E-state index in [1.807, 2.05) is 0 Å². The molecule has 0 fully saturated rings. The van der Waals surface area contributed by atoms with Crippen LogP contribution in [0.4, 0.5) is 5.69 Å². The smallest absolute Gasteiger partial charge is 0.338 e. The van der Waals surface area contributed by atoms with Gasteiger partial charge in [0, 0.05) is 10.2 Å². The highest BCUT2D eigenvalue weighted by Gasteiger charge is 2.44. The minimum Gasteiger partial charge on any atom is -0.503 e. The number of amides is 1. The second kappa shape index (κ2) is 5.89. The van der Waals surface area contributed by atoms with E-state index >= 15 is 0 Å². The average Bonchev–Trinajstić information content (AvgIpc) is 2.81. The molecule has 6 heteroatoms. The Morgan fingerprint density at radius 3 is 2.22 bits per heavy atom. The van der Waals surface area contributed by atoms with Crippen molar-refractivity contribution in [2.45, 2.75) is 6.04 Å². The zero-order valence-electron chi connectivity index (χ0n) is 11.8. The van der Waals surface area contributed by atoms with Gasteiger partial charge in [0.25, 0.3) is 5.91 Å². The summed E-state index contributed by atoms with van der Waals surface area (Å²) in [6, 6.07) is 14.8. The molecule has 0 bridgehead atoms. The van der Waals surface area contributed by atoms with Crippen LogP contribution < -0.4 is 4.90 Å². The first-order valence-electron chi connectivity index (χ1n) is 6.81. The van der Waals surface area contributed by atoms with E-state index in [1.165, 1.54) is 4.90 Å². The molecular weight excluding hydrogens is 362 g/mol. The number of carboxylic acid groups (broad SMARTS) is 1. The lowest BCUT2D eigenvalue weighted by atomic mass is 9.99. The maximum Gasteiger partial charge on any atom is 0.338 e. The summed E-state index contributed by atoms with van der Waals surface area (Å²) in [6.45, 7) is 0. The van der Waals surface area contributed by atoms with Crippen molar-refractivity contribution in [3.05, 3.63) is 76.0 Å². The van der Waals surface area contributed by atoms with Crippen LogP contribution in [-0.2, 0) is 9.59 Å². The van der Waals surface area contributed by atoms with E-state index in [-0.39, 0.29) is 5.57 Å². The molecule has 1 heterocycles. The normalized spacial score (nSPS) is 17.7. The maximum absolute atomic E-state index is 12.4. The second-order valence-corrected chi connectivity index (χ2v) is 5.95. The van der Waals surface area contributed by atoms with E-state index < -0.39 is 23.7 Å². The quantitative estimate of drug-likeness (QED) is 0.863. The van der Waals surface area contributed by atoms with Gasteiger partial charge in [-0.2, -0.15) is 0 Å². The summed E-state index contributed by atoms with van der Waals surface area (Å²) in [7, 11) is 0. The summed E-state index contributed by atoms with van der Waals surface area (Å²) in [5, 5.41) is 19.5. The van der Waals surface area contributed by atoms with Crippen LogP contribution in [-0.4, -0.2) is 22.1 Å². The number of hydrogen-bond acceptors (Lipinski definition) is 3. The Morgan fingerprint density at radius 1 is 1.04 bits per heavy atom. The van der Waals surface area contributed by atoms with Gasteiger partial charge < -0.3 is 10.2 Å². The summed E-state index contributed by atoms with van der Waals surface area (Å²) in [6.07, 6.45) is 0. The summed E-state index contributed by atoms with van der Waals surface area (Å²) >= 11 is 3.32. The molecule has 1 aliphatic heterocycles. The number of aliphatic carboxylic acids is 1.